The van der Waals surface area contributed by atoms with Gasteiger partial charge in [0.05, 0.1) is 6.10 Å². The van der Waals surface area contributed by atoms with Crippen LogP contribution in [0.3, 0.4) is 0 Å². The minimum Gasteiger partial charge on any atom is -0.388 e. The van der Waals surface area contributed by atoms with Gasteiger partial charge in [0, 0.05) is 11.5 Å². The lowest BCUT2D eigenvalue weighted by atomic mass is 10.1. The number of rotatable bonds is 6. The molecule has 0 saturated carbocycles. The van der Waals surface area contributed by atoms with Crippen LogP contribution in [0.4, 0.5) is 0 Å². The number of hydrogen-bond acceptors (Lipinski definition) is 2. The fourth-order valence-electron chi connectivity index (χ4n) is 1.77. The molecule has 19 heavy (non-hydrogen) atoms. The molecular weight excluding hydrogens is 252 g/mol. The van der Waals surface area contributed by atoms with E-state index >= 15 is 0 Å². The van der Waals surface area contributed by atoms with E-state index in [2.05, 4.69) is 24.3 Å². The molecule has 1 N–H and O–H groups in total. The Balaban J connectivity index is 1.71. The molecule has 0 radical (unpaired) electrons. The van der Waals surface area contributed by atoms with Crippen LogP contribution >= 0.6 is 11.8 Å². The Kier molecular flexibility index (Phi) is 5.73. The van der Waals surface area contributed by atoms with Crippen LogP contribution in [0, 0.1) is 0 Å². The van der Waals surface area contributed by atoms with Crippen molar-refractivity contribution in [2.75, 3.05) is 11.5 Å². The molecule has 0 aliphatic rings. The summed E-state index contributed by atoms with van der Waals surface area (Å²) in [5.41, 5.74) is 2.20. The Morgan fingerprint density at radius 2 is 1.58 bits per heavy atom. The van der Waals surface area contributed by atoms with Gasteiger partial charge in [0.1, 0.15) is 0 Å². The first-order valence-electron chi connectivity index (χ1n) is 6.38. The predicted octanol–water partition coefficient (Wildman–Crippen LogP) is 4.17. The minimum atomic E-state index is -0.378. The smallest absolute Gasteiger partial charge is 0.0880 e. The van der Waals surface area contributed by atoms with Crippen molar-refractivity contribution in [3.05, 3.63) is 77.9 Å². The monoisotopic (exact) mass is 270 g/mol. The predicted molar refractivity (Wildman–Crippen MR) is 84.2 cm³/mol. The summed E-state index contributed by atoms with van der Waals surface area (Å²) in [5.74, 6) is 1.64. The maximum absolute atomic E-state index is 9.99. The molecule has 0 aromatic heterocycles. The van der Waals surface area contributed by atoms with Crippen LogP contribution in [-0.4, -0.2) is 16.6 Å². The second-order valence-corrected chi connectivity index (χ2v) is 5.35. The summed E-state index contributed by atoms with van der Waals surface area (Å²) in [6.45, 7) is 0. The van der Waals surface area contributed by atoms with Gasteiger partial charge in [-0.3, -0.25) is 0 Å². The molecule has 2 aromatic rings. The first-order valence-corrected chi connectivity index (χ1v) is 7.54. The SMILES string of the molecule is OC(CSCC=Cc1ccccc1)c1ccccc1. The Bertz CT molecular complexity index is 493. The van der Waals surface area contributed by atoms with Crippen molar-refractivity contribution in [3.63, 3.8) is 0 Å². The summed E-state index contributed by atoms with van der Waals surface area (Å²) in [5, 5.41) is 9.99. The molecule has 98 valence electrons. The largest absolute Gasteiger partial charge is 0.388 e. The first-order chi connectivity index (χ1) is 9.36. The molecule has 2 heteroatoms. The molecule has 0 aliphatic heterocycles. The van der Waals surface area contributed by atoms with Crippen molar-refractivity contribution in [2.24, 2.45) is 0 Å². The third-order valence-corrected chi connectivity index (χ3v) is 3.76. The van der Waals surface area contributed by atoms with Gasteiger partial charge in [-0.25, -0.2) is 0 Å². The maximum atomic E-state index is 9.99. The van der Waals surface area contributed by atoms with E-state index < -0.39 is 0 Å². The van der Waals surface area contributed by atoms with Gasteiger partial charge in [-0.15, -0.1) is 0 Å². The van der Waals surface area contributed by atoms with E-state index in [-0.39, 0.29) is 6.10 Å². The molecule has 0 bridgehead atoms. The Labute approximate surface area is 119 Å². The number of aliphatic hydroxyl groups excluding tert-OH is 1. The summed E-state index contributed by atoms with van der Waals surface area (Å²) < 4.78 is 0. The molecule has 2 rings (SSSR count). The van der Waals surface area contributed by atoms with Crippen molar-refractivity contribution in [2.45, 2.75) is 6.10 Å². The van der Waals surface area contributed by atoms with Crippen molar-refractivity contribution in [1.29, 1.82) is 0 Å². The highest BCUT2D eigenvalue weighted by molar-refractivity contribution is 7.99. The summed E-state index contributed by atoms with van der Waals surface area (Å²) >= 11 is 1.74. The third-order valence-electron chi connectivity index (χ3n) is 2.78. The maximum Gasteiger partial charge on any atom is 0.0880 e. The normalized spacial score (nSPS) is 12.7. The van der Waals surface area contributed by atoms with Gasteiger partial charge < -0.3 is 5.11 Å². The van der Waals surface area contributed by atoms with Crippen molar-refractivity contribution in [3.8, 4) is 0 Å². The Morgan fingerprint density at radius 1 is 0.947 bits per heavy atom. The molecule has 0 amide bonds. The van der Waals surface area contributed by atoms with E-state index in [0.717, 1.165) is 17.1 Å². The van der Waals surface area contributed by atoms with E-state index in [1.807, 2.05) is 48.5 Å². The van der Waals surface area contributed by atoms with Crippen molar-refractivity contribution in [1.82, 2.24) is 0 Å². The molecule has 0 aliphatic carbocycles. The average molecular weight is 270 g/mol. The molecule has 0 spiro atoms. The Hall–Kier alpha value is -1.51. The molecule has 2 aromatic carbocycles. The van der Waals surface area contributed by atoms with E-state index in [1.165, 1.54) is 5.56 Å². The quantitative estimate of drug-likeness (QED) is 0.795. The second kappa shape index (κ2) is 7.82. The lowest BCUT2D eigenvalue weighted by Crippen LogP contribution is -2.00. The fraction of sp³-hybridized carbons (Fsp3) is 0.176. The van der Waals surface area contributed by atoms with Crippen LogP contribution < -0.4 is 0 Å². The van der Waals surface area contributed by atoms with E-state index in [1.54, 1.807) is 11.8 Å². The molecule has 0 fully saturated rings. The van der Waals surface area contributed by atoms with Gasteiger partial charge in [-0.2, -0.15) is 11.8 Å². The molecule has 1 unspecified atom stereocenters. The lowest BCUT2D eigenvalue weighted by molar-refractivity contribution is 0.204. The van der Waals surface area contributed by atoms with Crippen molar-refractivity contribution >= 4 is 17.8 Å². The minimum absolute atomic E-state index is 0.378. The van der Waals surface area contributed by atoms with Crippen LogP contribution in [0.1, 0.15) is 17.2 Å². The first kappa shape index (κ1) is 13.9. The van der Waals surface area contributed by atoms with Crippen LogP contribution in [0.15, 0.2) is 66.7 Å². The van der Waals surface area contributed by atoms with Crippen molar-refractivity contribution < 1.29 is 5.11 Å². The topological polar surface area (TPSA) is 20.2 Å². The zero-order chi connectivity index (χ0) is 13.3. The zero-order valence-corrected chi connectivity index (χ0v) is 11.6. The Morgan fingerprint density at radius 3 is 2.26 bits per heavy atom. The molecule has 1 nitrogen and oxygen atoms in total. The number of aliphatic hydroxyl groups is 1. The van der Waals surface area contributed by atoms with E-state index in [9.17, 15) is 5.11 Å². The third kappa shape index (κ3) is 4.93. The number of hydrogen-bond donors (Lipinski definition) is 1. The summed E-state index contributed by atoms with van der Waals surface area (Å²) in [6.07, 6.45) is 3.87. The van der Waals surface area contributed by atoms with Crippen LogP contribution in [0.2, 0.25) is 0 Å². The summed E-state index contributed by atoms with van der Waals surface area (Å²) in [7, 11) is 0. The highest BCUT2D eigenvalue weighted by Gasteiger charge is 2.05. The van der Waals surface area contributed by atoms with Gasteiger partial charge in [0.25, 0.3) is 0 Å². The van der Waals surface area contributed by atoms with Crippen LogP contribution in [-0.2, 0) is 0 Å². The highest BCUT2D eigenvalue weighted by atomic mass is 32.2. The van der Waals surface area contributed by atoms with Crippen LogP contribution in [0.5, 0.6) is 0 Å². The van der Waals surface area contributed by atoms with Gasteiger partial charge in [0.15, 0.2) is 0 Å². The second-order valence-electron chi connectivity index (χ2n) is 4.28. The average Bonchev–Trinajstić information content (AvgIpc) is 2.49. The van der Waals surface area contributed by atoms with Gasteiger partial charge >= 0.3 is 0 Å². The zero-order valence-electron chi connectivity index (χ0n) is 10.8. The van der Waals surface area contributed by atoms with E-state index in [4.69, 9.17) is 0 Å². The summed E-state index contributed by atoms with van der Waals surface area (Å²) in [4.78, 5) is 0. The van der Waals surface area contributed by atoms with Gasteiger partial charge in [-0.1, -0.05) is 72.8 Å². The van der Waals surface area contributed by atoms with Gasteiger partial charge in [-0.05, 0) is 11.1 Å². The standard InChI is InChI=1S/C17H18OS/c18-17(16-11-5-2-6-12-16)14-19-13-7-10-15-8-3-1-4-9-15/h1-12,17-18H,13-14H2. The molecule has 0 heterocycles. The van der Waals surface area contributed by atoms with Crippen LogP contribution in [0.25, 0.3) is 6.08 Å². The fourth-order valence-corrected chi connectivity index (χ4v) is 2.55. The van der Waals surface area contributed by atoms with Gasteiger partial charge in [0.2, 0.25) is 0 Å². The van der Waals surface area contributed by atoms with E-state index in [0.29, 0.717) is 0 Å². The molecular formula is C17H18OS. The lowest BCUT2D eigenvalue weighted by Gasteiger charge is -2.09. The summed E-state index contributed by atoms with van der Waals surface area (Å²) in [6, 6.07) is 20.1. The molecule has 0 saturated heterocycles. The number of thioether (sulfide) groups is 1. The number of benzene rings is 2. The molecule has 1 atom stereocenters. The highest BCUT2D eigenvalue weighted by Crippen LogP contribution is 2.18.